The number of phenols is 1. The number of ether oxygens (including phenoxy) is 1. The zero-order valence-corrected chi connectivity index (χ0v) is 13.3. The lowest BCUT2D eigenvalue weighted by atomic mass is 9.69. The van der Waals surface area contributed by atoms with Gasteiger partial charge in [0.2, 0.25) is 0 Å². The molecule has 0 unspecified atom stereocenters. The minimum atomic E-state index is -1.03. The second-order valence-corrected chi connectivity index (χ2v) is 6.17. The monoisotopic (exact) mass is 342 g/mol. The number of hydrogen-bond donors (Lipinski definition) is 2. The van der Waals surface area contributed by atoms with Crippen LogP contribution in [0.15, 0.2) is 10.5 Å². The smallest absolute Gasteiger partial charge is 0.314 e. The van der Waals surface area contributed by atoms with Gasteiger partial charge in [-0.05, 0) is 31.4 Å². The summed E-state index contributed by atoms with van der Waals surface area (Å²) in [7, 11) is 1.47. The first-order valence-electron chi connectivity index (χ1n) is 6.74. The molecule has 0 saturated heterocycles. The average molecular weight is 343 g/mol. The maximum atomic E-state index is 11.9. The van der Waals surface area contributed by atoms with Crippen LogP contribution in [-0.2, 0) is 10.2 Å². The highest BCUT2D eigenvalue weighted by Crippen LogP contribution is 2.50. The van der Waals surface area contributed by atoms with Crippen molar-refractivity contribution < 1.29 is 19.7 Å². The lowest BCUT2D eigenvalue weighted by molar-refractivity contribution is -0.145. The van der Waals surface area contributed by atoms with Crippen LogP contribution in [0, 0.1) is 6.92 Å². The van der Waals surface area contributed by atoms with Crippen molar-refractivity contribution in [2.24, 2.45) is 0 Å². The standard InChI is InChI=1S/C15H19BrO4/c1-9-8-10(20-2)13(17)11(12(9)16)15(14(18)19)6-4-3-5-7-15/h8,17H,3-7H2,1-2H3,(H,18,19). The summed E-state index contributed by atoms with van der Waals surface area (Å²) in [5.74, 6) is -0.609. The van der Waals surface area contributed by atoms with Gasteiger partial charge in [0.1, 0.15) is 0 Å². The Morgan fingerprint density at radius 3 is 2.45 bits per heavy atom. The number of carboxylic acids is 1. The van der Waals surface area contributed by atoms with Gasteiger partial charge in [-0.15, -0.1) is 0 Å². The minimum Gasteiger partial charge on any atom is -0.504 e. The van der Waals surface area contributed by atoms with Crippen molar-refractivity contribution in [2.75, 3.05) is 7.11 Å². The molecule has 20 heavy (non-hydrogen) atoms. The van der Waals surface area contributed by atoms with E-state index in [1.54, 1.807) is 6.07 Å². The van der Waals surface area contributed by atoms with Crippen LogP contribution in [0.5, 0.6) is 11.5 Å². The fourth-order valence-electron chi connectivity index (χ4n) is 3.07. The van der Waals surface area contributed by atoms with Crippen molar-refractivity contribution in [1.29, 1.82) is 0 Å². The molecule has 4 nitrogen and oxygen atoms in total. The Morgan fingerprint density at radius 1 is 1.35 bits per heavy atom. The summed E-state index contributed by atoms with van der Waals surface area (Å²) < 4.78 is 5.84. The number of carbonyl (C=O) groups is 1. The maximum Gasteiger partial charge on any atom is 0.314 e. The highest BCUT2D eigenvalue weighted by Gasteiger charge is 2.45. The molecule has 0 aliphatic heterocycles. The number of carboxylic acid groups (broad SMARTS) is 1. The number of methoxy groups -OCH3 is 1. The van der Waals surface area contributed by atoms with Crippen LogP contribution in [-0.4, -0.2) is 23.3 Å². The van der Waals surface area contributed by atoms with Crippen molar-refractivity contribution in [1.82, 2.24) is 0 Å². The fraction of sp³-hybridized carbons (Fsp3) is 0.533. The van der Waals surface area contributed by atoms with E-state index in [4.69, 9.17) is 4.74 Å². The number of benzene rings is 1. The zero-order chi connectivity index (χ0) is 14.9. The van der Waals surface area contributed by atoms with Gasteiger partial charge in [0, 0.05) is 10.0 Å². The molecule has 1 aliphatic carbocycles. The number of aromatic hydroxyl groups is 1. The van der Waals surface area contributed by atoms with Gasteiger partial charge in [0.05, 0.1) is 12.5 Å². The van der Waals surface area contributed by atoms with E-state index in [0.29, 0.717) is 28.6 Å². The molecule has 1 saturated carbocycles. The predicted molar refractivity (Wildman–Crippen MR) is 79.5 cm³/mol. The average Bonchev–Trinajstić information content (AvgIpc) is 2.44. The van der Waals surface area contributed by atoms with Crippen molar-refractivity contribution in [3.8, 4) is 11.5 Å². The third-order valence-electron chi connectivity index (χ3n) is 4.20. The summed E-state index contributed by atoms with van der Waals surface area (Å²) in [5.41, 5.74) is 0.294. The van der Waals surface area contributed by atoms with Gasteiger partial charge < -0.3 is 14.9 Å². The van der Waals surface area contributed by atoms with Crippen LogP contribution in [0.2, 0.25) is 0 Å². The summed E-state index contributed by atoms with van der Waals surface area (Å²) in [5, 5.41) is 20.2. The molecule has 110 valence electrons. The van der Waals surface area contributed by atoms with Gasteiger partial charge in [-0.25, -0.2) is 0 Å². The molecule has 1 aromatic rings. The lowest BCUT2D eigenvalue weighted by Crippen LogP contribution is -2.38. The zero-order valence-electron chi connectivity index (χ0n) is 11.7. The van der Waals surface area contributed by atoms with E-state index in [1.807, 2.05) is 6.92 Å². The van der Waals surface area contributed by atoms with Crippen molar-refractivity contribution in [3.05, 3.63) is 21.7 Å². The molecule has 0 amide bonds. The van der Waals surface area contributed by atoms with Crippen molar-refractivity contribution in [2.45, 2.75) is 44.4 Å². The van der Waals surface area contributed by atoms with E-state index >= 15 is 0 Å². The molecular formula is C15H19BrO4. The second-order valence-electron chi connectivity index (χ2n) is 5.38. The van der Waals surface area contributed by atoms with Gasteiger partial charge in [-0.1, -0.05) is 35.2 Å². The maximum absolute atomic E-state index is 11.9. The number of rotatable bonds is 3. The molecule has 1 aliphatic rings. The number of halogens is 1. The van der Waals surface area contributed by atoms with Crippen LogP contribution >= 0.6 is 15.9 Å². The van der Waals surface area contributed by atoms with E-state index in [1.165, 1.54) is 7.11 Å². The Hall–Kier alpha value is -1.23. The third-order valence-corrected chi connectivity index (χ3v) is 5.22. The molecule has 0 bridgehead atoms. The molecule has 0 atom stereocenters. The Balaban J connectivity index is 2.70. The molecule has 1 fully saturated rings. The molecule has 2 rings (SSSR count). The summed E-state index contributed by atoms with van der Waals surface area (Å²) in [6.07, 6.45) is 3.83. The molecule has 0 heterocycles. The summed E-state index contributed by atoms with van der Waals surface area (Å²) in [4.78, 5) is 11.9. The topological polar surface area (TPSA) is 66.8 Å². The quantitative estimate of drug-likeness (QED) is 0.877. The molecule has 5 heteroatoms. The summed E-state index contributed by atoms with van der Waals surface area (Å²) in [6.45, 7) is 1.87. The first-order valence-corrected chi connectivity index (χ1v) is 7.53. The van der Waals surface area contributed by atoms with Gasteiger partial charge >= 0.3 is 5.97 Å². The van der Waals surface area contributed by atoms with Gasteiger partial charge in [-0.3, -0.25) is 4.79 Å². The van der Waals surface area contributed by atoms with E-state index in [0.717, 1.165) is 24.8 Å². The van der Waals surface area contributed by atoms with Crippen LogP contribution in [0.4, 0.5) is 0 Å². The molecule has 0 spiro atoms. The SMILES string of the molecule is COc1cc(C)c(Br)c(C2(C(=O)O)CCCCC2)c1O. The number of aryl methyl sites for hydroxylation is 1. The van der Waals surface area contributed by atoms with Crippen LogP contribution in [0.25, 0.3) is 0 Å². The predicted octanol–water partition coefficient (Wildman–Crippen LogP) is 3.76. The number of phenolic OH excluding ortho intramolecular Hbond substituents is 1. The minimum absolute atomic E-state index is 0.0609. The van der Waals surface area contributed by atoms with E-state index in [-0.39, 0.29) is 5.75 Å². The third kappa shape index (κ3) is 2.28. The molecule has 0 aromatic heterocycles. The highest BCUT2D eigenvalue weighted by molar-refractivity contribution is 9.10. The van der Waals surface area contributed by atoms with E-state index < -0.39 is 11.4 Å². The van der Waals surface area contributed by atoms with Crippen LogP contribution in [0.1, 0.15) is 43.2 Å². The molecule has 1 aromatic carbocycles. The Kier molecular flexibility index (Phi) is 4.28. The molecule has 2 N–H and O–H groups in total. The lowest BCUT2D eigenvalue weighted by Gasteiger charge is -2.35. The normalized spacial score (nSPS) is 17.8. The van der Waals surface area contributed by atoms with Crippen molar-refractivity contribution in [3.63, 3.8) is 0 Å². The highest BCUT2D eigenvalue weighted by atomic mass is 79.9. The fourth-order valence-corrected chi connectivity index (χ4v) is 3.75. The van der Waals surface area contributed by atoms with E-state index in [9.17, 15) is 15.0 Å². The Bertz CT molecular complexity index is 533. The Labute approximate surface area is 126 Å². The first-order chi connectivity index (χ1) is 9.44. The van der Waals surface area contributed by atoms with Gasteiger partial charge in [-0.2, -0.15) is 0 Å². The summed E-state index contributed by atoms with van der Waals surface area (Å²) >= 11 is 3.45. The van der Waals surface area contributed by atoms with E-state index in [2.05, 4.69) is 15.9 Å². The molecule has 0 radical (unpaired) electrons. The first kappa shape index (κ1) is 15.2. The number of hydrogen-bond acceptors (Lipinski definition) is 3. The number of aliphatic carboxylic acids is 1. The van der Waals surface area contributed by atoms with Gasteiger partial charge in [0.15, 0.2) is 11.5 Å². The van der Waals surface area contributed by atoms with Crippen molar-refractivity contribution >= 4 is 21.9 Å². The van der Waals surface area contributed by atoms with Crippen LogP contribution < -0.4 is 4.74 Å². The van der Waals surface area contributed by atoms with Gasteiger partial charge in [0.25, 0.3) is 0 Å². The van der Waals surface area contributed by atoms with Crippen LogP contribution in [0.3, 0.4) is 0 Å². The largest absolute Gasteiger partial charge is 0.504 e. The summed E-state index contributed by atoms with van der Waals surface area (Å²) in [6, 6.07) is 1.71. The molecular weight excluding hydrogens is 324 g/mol. The Morgan fingerprint density at radius 2 is 1.95 bits per heavy atom. The second kappa shape index (κ2) is 5.64.